The van der Waals surface area contributed by atoms with E-state index < -0.39 is 0 Å². The van der Waals surface area contributed by atoms with Gasteiger partial charge < -0.3 is 14.2 Å². The molecule has 0 aliphatic heterocycles. The van der Waals surface area contributed by atoms with Crippen molar-refractivity contribution in [2.24, 2.45) is 34.5 Å². The normalized spacial score (nSPS) is 36.0. The second-order valence-corrected chi connectivity index (χ2v) is 13.6. The van der Waals surface area contributed by atoms with E-state index in [9.17, 15) is 4.79 Å². The molecule has 4 nitrogen and oxygen atoms in total. The van der Waals surface area contributed by atoms with E-state index in [0.29, 0.717) is 49.9 Å². The molecule has 0 unspecified atom stereocenters. The number of rotatable bonds is 9. The van der Waals surface area contributed by atoms with Crippen LogP contribution in [-0.4, -0.2) is 24.8 Å². The lowest BCUT2D eigenvalue weighted by molar-refractivity contribution is -0.149. The maximum absolute atomic E-state index is 12.5. The molecule has 220 valence electrons. The lowest BCUT2D eigenvalue weighted by Crippen LogP contribution is -2.56. The van der Waals surface area contributed by atoms with Crippen molar-refractivity contribution < 1.29 is 19.0 Å². The maximum atomic E-state index is 12.5. The Labute approximate surface area is 246 Å². The summed E-state index contributed by atoms with van der Waals surface area (Å²) >= 11 is 0. The van der Waals surface area contributed by atoms with E-state index >= 15 is 0 Å². The van der Waals surface area contributed by atoms with Gasteiger partial charge in [-0.1, -0.05) is 86.2 Å². The first kappa shape index (κ1) is 28.7. The molecule has 4 aliphatic carbocycles. The van der Waals surface area contributed by atoms with Gasteiger partial charge in [-0.15, -0.1) is 0 Å². The third-order valence-corrected chi connectivity index (χ3v) is 11.7. The van der Waals surface area contributed by atoms with Crippen molar-refractivity contribution in [1.82, 2.24) is 0 Å². The molecule has 2 aromatic rings. The van der Waals surface area contributed by atoms with Crippen molar-refractivity contribution in [3.8, 4) is 0 Å². The van der Waals surface area contributed by atoms with Gasteiger partial charge in [-0.3, -0.25) is 4.79 Å². The highest BCUT2D eigenvalue weighted by molar-refractivity contribution is 5.69. The highest BCUT2D eigenvalue weighted by atomic mass is 16.5. The van der Waals surface area contributed by atoms with Gasteiger partial charge in [0.1, 0.15) is 0 Å². The van der Waals surface area contributed by atoms with Gasteiger partial charge in [0.05, 0.1) is 32.0 Å². The topological polar surface area (TPSA) is 44.8 Å². The predicted molar refractivity (Wildman–Crippen MR) is 162 cm³/mol. The fraction of sp³-hybridized carbons (Fsp3) is 0.595. The Morgan fingerprint density at radius 1 is 0.878 bits per heavy atom. The molecule has 0 spiro atoms. The third-order valence-electron chi connectivity index (χ3n) is 11.7. The van der Waals surface area contributed by atoms with Gasteiger partial charge in [0.2, 0.25) is 0 Å². The number of fused-ring (bicyclic) bond motifs is 5. The number of hydrogen-bond acceptors (Lipinski definition) is 4. The Hall–Kier alpha value is -2.43. The van der Waals surface area contributed by atoms with Crippen LogP contribution in [0, 0.1) is 34.5 Å². The van der Waals surface area contributed by atoms with E-state index in [2.05, 4.69) is 80.6 Å². The van der Waals surface area contributed by atoms with E-state index in [1.54, 1.807) is 5.57 Å². The predicted octanol–water partition coefficient (Wildman–Crippen LogP) is 8.30. The van der Waals surface area contributed by atoms with Crippen LogP contribution in [-0.2, 0) is 32.2 Å². The first-order valence-corrected chi connectivity index (χ1v) is 16.1. The van der Waals surface area contributed by atoms with Crippen LogP contribution in [0.4, 0.5) is 0 Å². The van der Waals surface area contributed by atoms with Crippen molar-refractivity contribution in [3.05, 3.63) is 83.4 Å². The first-order chi connectivity index (χ1) is 19.9. The molecule has 0 bridgehead atoms. The fourth-order valence-electron chi connectivity index (χ4n) is 9.45. The van der Waals surface area contributed by atoms with E-state index in [1.807, 2.05) is 6.92 Å². The summed E-state index contributed by atoms with van der Waals surface area (Å²) in [6.45, 7) is 8.68. The van der Waals surface area contributed by atoms with Gasteiger partial charge in [-0.25, -0.2) is 0 Å². The summed E-state index contributed by atoms with van der Waals surface area (Å²) in [7, 11) is 0. The summed E-state index contributed by atoms with van der Waals surface area (Å²) in [5.74, 6) is 2.36. The van der Waals surface area contributed by atoms with Gasteiger partial charge in [-0.2, -0.15) is 0 Å². The summed E-state index contributed by atoms with van der Waals surface area (Å²) in [6.07, 6.45) is 11.4. The summed E-state index contributed by atoms with van der Waals surface area (Å²) in [4.78, 5) is 12.5. The molecule has 6 rings (SSSR count). The minimum absolute atomic E-state index is 0.0116. The minimum Gasteiger partial charge on any atom is -0.466 e. The summed E-state index contributed by atoms with van der Waals surface area (Å²) in [5.41, 5.74) is 4.27. The van der Waals surface area contributed by atoms with Crippen LogP contribution in [0.25, 0.3) is 0 Å². The van der Waals surface area contributed by atoms with Crippen molar-refractivity contribution >= 4 is 5.97 Å². The average molecular weight is 557 g/mol. The molecular formula is C37H48O4. The summed E-state index contributed by atoms with van der Waals surface area (Å²) in [6, 6.07) is 21.1. The lowest BCUT2D eigenvalue weighted by Gasteiger charge is -2.60. The van der Waals surface area contributed by atoms with E-state index in [0.717, 1.165) is 25.7 Å². The molecule has 0 heterocycles. The molecule has 41 heavy (non-hydrogen) atoms. The highest BCUT2D eigenvalue weighted by Crippen LogP contribution is 2.67. The number of benzene rings is 2. The van der Waals surface area contributed by atoms with Crippen LogP contribution in [0.15, 0.2) is 72.3 Å². The Balaban J connectivity index is 1.24. The minimum atomic E-state index is -0.0116. The Morgan fingerprint density at radius 2 is 1.56 bits per heavy atom. The summed E-state index contributed by atoms with van der Waals surface area (Å²) < 4.78 is 18.9. The van der Waals surface area contributed by atoms with Gasteiger partial charge >= 0.3 is 5.97 Å². The number of carbonyl (C=O) groups excluding carboxylic acids is 1. The van der Waals surface area contributed by atoms with Crippen molar-refractivity contribution in [2.75, 3.05) is 6.61 Å². The molecule has 8 atom stereocenters. The molecule has 0 radical (unpaired) electrons. The van der Waals surface area contributed by atoms with Gasteiger partial charge in [-0.05, 0) is 85.7 Å². The van der Waals surface area contributed by atoms with Gasteiger partial charge in [0, 0.05) is 18.3 Å². The second-order valence-electron chi connectivity index (χ2n) is 13.6. The number of allylic oxidation sites excluding steroid dienone is 1. The largest absolute Gasteiger partial charge is 0.466 e. The second kappa shape index (κ2) is 12.1. The van der Waals surface area contributed by atoms with Crippen LogP contribution < -0.4 is 0 Å². The lowest BCUT2D eigenvalue weighted by atomic mass is 9.46. The van der Waals surface area contributed by atoms with E-state index in [1.165, 1.54) is 30.4 Å². The summed E-state index contributed by atoms with van der Waals surface area (Å²) in [5, 5.41) is 0. The molecule has 3 saturated carbocycles. The zero-order valence-electron chi connectivity index (χ0n) is 25.2. The zero-order valence-corrected chi connectivity index (χ0v) is 25.2. The smallest absolute Gasteiger partial charge is 0.306 e. The maximum Gasteiger partial charge on any atom is 0.306 e. The molecule has 3 fully saturated rings. The average Bonchev–Trinajstić information content (AvgIpc) is 3.32. The molecule has 2 aromatic carbocycles. The SMILES string of the molecule is CCOC(=O)C[C@H]1CC[C@H]2[C@@H]3CC=C4C[C@@H](OCc5ccccc5)C[C@H](OCc5ccccc5)[C@]4(C)[C@H]3CC[C@]12C. The molecule has 0 saturated heterocycles. The van der Waals surface area contributed by atoms with Gasteiger partial charge in [0.15, 0.2) is 0 Å². The zero-order chi connectivity index (χ0) is 28.5. The number of esters is 1. The molecule has 0 aromatic heterocycles. The molecule has 0 amide bonds. The Bertz CT molecular complexity index is 1210. The first-order valence-electron chi connectivity index (χ1n) is 16.1. The highest BCUT2D eigenvalue weighted by Gasteiger charge is 2.61. The standard InChI is InChI=1S/C37H48O4/c1-4-39-35(38)22-28-16-18-32-31-17-15-29-21-30(40-24-26-11-7-5-8-12-26)23-34(41-25-27-13-9-6-10-14-27)37(29,3)33(31)19-20-36(28,32)2/h5-15,28,30-34H,4,16-25H2,1-3H3/t28-,30-,31+,32+,33+,34+,36-,37+/m1/s1. The van der Waals surface area contributed by atoms with Crippen LogP contribution >= 0.6 is 0 Å². The number of carbonyl (C=O) groups is 1. The van der Waals surface area contributed by atoms with E-state index in [4.69, 9.17) is 14.2 Å². The van der Waals surface area contributed by atoms with Crippen LogP contribution in [0.2, 0.25) is 0 Å². The van der Waals surface area contributed by atoms with Crippen LogP contribution in [0.5, 0.6) is 0 Å². The quantitative estimate of drug-likeness (QED) is 0.230. The fourth-order valence-corrected chi connectivity index (χ4v) is 9.45. The van der Waals surface area contributed by atoms with Crippen molar-refractivity contribution in [3.63, 3.8) is 0 Å². The molecule has 0 N–H and O–H groups in total. The van der Waals surface area contributed by atoms with Crippen molar-refractivity contribution in [2.45, 2.75) is 97.6 Å². The van der Waals surface area contributed by atoms with Crippen LogP contribution in [0.1, 0.15) is 83.3 Å². The van der Waals surface area contributed by atoms with Gasteiger partial charge in [0.25, 0.3) is 0 Å². The van der Waals surface area contributed by atoms with E-state index in [-0.39, 0.29) is 29.0 Å². The molecular weight excluding hydrogens is 508 g/mol. The van der Waals surface area contributed by atoms with Crippen LogP contribution in [0.3, 0.4) is 0 Å². The number of ether oxygens (including phenoxy) is 3. The Kier molecular flexibility index (Phi) is 8.43. The third kappa shape index (κ3) is 5.55. The number of hydrogen-bond donors (Lipinski definition) is 0. The molecule has 4 heteroatoms. The molecule has 4 aliphatic rings. The monoisotopic (exact) mass is 556 g/mol. The van der Waals surface area contributed by atoms with Crippen molar-refractivity contribution in [1.29, 1.82) is 0 Å². The Morgan fingerprint density at radius 3 is 2.24 bits per heavy atom.